The van der Waals surface area contributed by atoms with Crippen LogP contribution in [0.2, 0.25) is 0 Å². The van der Waals surface area contributed by atoms with Gasteiger partial charge in [-0.1, -0.05) is 5.16 Å². The number of ether oxygens (including phenoxy) is 1. The van der Waals surface area contributed by atoms with Crippen LogP contribution < -0.4 is 0 Å². The highest BCUT2D eigenvalue weighted by Gasteiger charge is 2.36. The fourth-order valence-corrected chi connectivity index (χ4v) is 3.63. The molecular weight excluding hydrogens is 310 g/mol. The number of likely N-dealkylation sites (tertiary alicyclic amines) is 1. The number of nitrogens with zero attached hydrogens (tertiary/aromatic N) is 3. The maximum absolute atomic E-state index is 12.8. The van der Waals surface area contributed by atoms with Crippen molar-refractivity contribution in [3.05, 3.63) is 17.5 Å². The number of amides is 2. The van der Waals surface area contributed by atoms with E-state index in [1.54, 1.807) is 4.90 Å². The summed E-state index contributed by atoms with van der Waals surface area (Å²) in [7, 11) is 0. The number of rotatable bonds is 3. The topological polar surface area (TPSA) is 75.9 Å². The van der Waals surface area contributed by atoms with Crippen LogP contribution in [0.15, 0.2) is 10.8 Å². The molecule has 3 heterocycles. The number of hydrogen-bond donors (Lipinski definition) is 0. The molecule has 0 spiro atoms. The van der Waals surface area contributed by atoms with Crippen molar-refractivity contribution in [3.63, 3.8) is 0 Å². The second-order valence-electron chi connectivity index (χ2n) is 6.92. The van der Waals surface area contributed by atoms with E-state index < -0.39 is 0 Å². The van der Waals surface area contributed by atoms with Crippen LogP contribution in [0, 0.1) is 5.92 Å². The molecule has 1 aromatic heterocycles. The van der Waals surface area contributed by atoms with Crippen molar-refractivity contribution in [1.82, 2.24) is 15.0 Å². The van der Waals surface area contributed by atoms with Gasteiger partial charge in [-0.2, -0.15) is 0 Å². The molecule has 1 atom stereocenters. The Hall–Kier alpha value is -1.89. The first-order valence-electron chi connectivity index (χ1n) is 8.84. The van der Waals surface area contributed by atoms with Crippen molar-refractivity contribution < 1.29 is 18.8 Å². The molecule has 1 aromatic rings. The van der Waals surface area contributed by atoms with Gasteiger partial charge in [0.25, 0.3) is 5.91 Å². The molecule has 0 N–H and O–H groups in total. The smallest absolute Gasteiger partial charge is 0.259 e. The first-order valence-corrected chi connectivity index (χ1v) is 8.84. The summed E-state index contributed by atoms with van der Waals surface area (Å²) in [5.41, 5.74) is 1.37. The van der Waals surface area contributed by atoms with Crippen molar-refractivity contribution in [2.45, 2.75) is 31.6 Å². The van der Waals surface area contributed by atoms with Crippen LogP contribution in [0.5, 0.6) is 0 Å². The number of hydrogen-bond acceptors (Lipinski definition) is 5. The lowest BCUT2D eigenvalue weighted by Gasteiger charge is -2.36. The molecular formula is C17H23N3O4. The molecule has 1 saturated carbocycles. The Labute approximate surface area is 140 Å². The first-order chi connectivity index (χ1) is 11.7. The maximum Gasteiger partial charge on any atom is 0.259 e. The van der Waals surface area contributed by atoms with E-state index in [2.05, 4.69) is 5.16 Å². The largest absolute Gasteiger partial charge is 0.378 e. The third-order valence-electron chi connectivity index (χ3n) is 5.17. The lowest BCUT2D eigenvalue weighted by molar-refractivity contribution is -0.141. The molecule has 7 heteroatoms. The van der Waals surface area contributed by atoms with Gasteiger partial charge in [-0.05, 0) is 25.7 Å². The van der Waals surface area contributed by atoms with E-state index in [-0.39, 0.29) is 17.7 Å². The monoisotopic (exact) mass is 333 g/mol. The van der Waals surface area contributed by atoms with E-state index in [0.29, 0.717) is 50.9 Å². The van der Waals surface area contributed by atoms with Gasteiger partial charge in [0.1, 0.15) is 11.8 Å². The summed E-state index contributed by atoms with van der Waals surface area (Å²) in [5, 5.41) is 4.01. The molecule has 7 nitrogen and oxygen atoms in total. The predicted molar refractivity (Wildman–Crippen MR) is 84.5 cm³/mol. The van der Waals surface area contributed by atoms with Gasteiger partial charge in [-0.25, -0.2) is 0 Å². The van der Waals surface area contributed by atoms with Gasteiger partial charge in [-0.3, -0.25) is 9.59 Å². The summed E-state index contributed by atoms with van der Waals surface area (Å²) in [4.78, 5) is 29.2. The Balaban J connectivity index is 1.43. The molecule has 0 aromatic carbocycles. The number of morpholine rings is 1. The highest BCUT2D eigenvalue weighted by Crippen LogP contribution is 2.41. The van der Waals surface area contributed by atoms with Crippen molar-refractivity contribution >= 4 is 11.8 Å². The minimum absolute atomic E-state index is 0.0439. The zero-order valence-electron chi connectivity index (χ0n) is 13.8. The predicted octanol–water partition coefficient (Wildman–Crippen LogP) is 1.26. The summed E-state index contributed by atoms with van der Waals surface area (Å²) in [5.74, 6) is 0.379. The molecule has 130 valence electrons. The number of piperidine rings is 1. The van der Waals surface area contributed by atoms with Crippen LogP contribution in [0.25, 0.3) is 0 Å². The Morgan fingerprint density at radius 2 is 1.88 bits per heavy atom. The van der Waals surface area contributed by atoms with E-state index in [4.69, 9.17) is 9.26 Å². The lowest BCUT2D eigenvalue weighted by atomic mass is 9.95. The van der Waals surface area contributed by atoms with Crippen LogP contribution in [0.4, 0.5) is 0 Å². The molecule has 0 bridgehead atoms. The fourth-order valence-electron chi connectivity index (χ4n) is 3.63. The highest BCUT2D eigenvalue weighted by atomic mass is 16.5. The summed E-state index contributed by atoms with van der Waals surface area (Å²) >= 11 is 0. The molecule has 3 fully saturated rings. The van der Waals surface area contributed by atoms with Gasteiger partial charge in [0.2, 0.25) is 5.91 Å². The molecule has 4 rings (SSSR count). The van der Waals surface area contributed by atoms with Gasteiger partial charge in [0.05, 0.1) is 24.8 Å². The molecule has 24 heavy (non-hydrogen) atoms. The minimum atomic E-state index is -0.106. The van der Waals surface area contributed by atoms with E-state index in [1.165, 1.54) is 6.26 Å². The molecule has 2 saturated heterocycles. The van der Waals surface area contributed by atoms with E-state index >= 15 is 0 Å². The zero-order chi connectivity index (χ0) is 16.5. The Kier molecular flexibility index (Phi) is 4.26. The van der Waals surface area contributed by atoms with Crippen molar-refractivity contribution in [3.8, 4) is 0 Å². The molecule has 0 radical (unpaired) electrons. The molecule has 3 aliphatic rings. The lowest BCUT2D eigenvalue weighted by Crippen LogP contribution is -2.49. The normalized spacial score (nSPS) is 24.9. The zero-order valence-corrected chi connectivity index (χ0v) is 13.8. The Morgan fingerprint density at radius 1 is 1.08 bits per heavy atom. The average molecular weight is 333 g/mol. The van der Waals surface area contributed by atoms with Crippen LogP contribution in [0.1, 0.15) is 47.7 Å². The standard InChI is InChI=1S/C17H23N3O4/c21-16(19-6-8-23-9-7-19)13-2-1-5-20(10-13)17(22)14-11-24-18-15(14)12-3-4-12/h11-13H,1-10H2. The van der Waals surface area contributed by atoms with Crippen molar-refractivity contribution in [1.29, 1.82) is 0 Å². The van der Waals surface area contributed by atoms with Gasteiger partial charge in [-0.15, -0.1) is 0 Å². The third kappa shape index (κ3) is 3.05. The minimum Gasteiger partial charge on any atom is -0.378 e. The van der Waals surface area contributed by atoms with Gasteiger partial charge < -0.3 is 19.1 Å². The number of carbonyl (C=O) groups is 2. The molecule has 2 amide bonds. The van der Waals surface area contributed by atoms with Crippen LogP contribution in [0.3, 0.4) is 0 Å². The fraction of sp³-hybridized carbons (Fsp3) is 0.706. The van der Waals surface area contributed by atoms with Gasteiger partial charge in [0, 0.05) is 32.1 Å². The van der Waals surface area contributed by atoms with Crippen LogP contribution in [-0.2, 0) is 9.53 Å². The first kappa shape index (κ1) is 15.6. The average Bonchev–Trinajstić information content (AvgIpc) is 3.38. The van der Waals surface area contributed by atoms with Crippen LogP contribution in [-0.4, -0.2) is 66.2 Å². The number of aromatic nitrogens is 1. The summed E-state index contributed by atoms with van der Waals surface area (Å²) in [6.07, 6.45) is 5.31. The third-order valence-corrected chi connectivity index (χ3v) is 5.17. The SMILES string of the molecule is O=C(c1conc1C1CC1)N1CCCC(C(=O)N2CCOCC2)C1. The molecule has 1 aliphatic carbocycles. The maximum atomic E-state index is 12.8. The summed E-state index contributed by atoms with van der Waals surface area (Å²) < 4.78 is 10.4. The molecule has 2 aliphatic heterocycles. The highest BCUT2D eigenvalue weighted by molar-refractivity contribution is 5.95. The molecule has 1 unspecified atom stereocenters. The van der Waals surface area contributed by atoms with E-state index in [0.717, 1.165) is 31.4 Å². The van der Waals surface area contributed by atoms with Crippen molar-refractivity contribution in [2.75, 3.05) is 39.4 Å². The van der Waals surface area contributed by atoms with Crippen LogP contribution >= 0.6 is 0 Å². The van der Waals surface area contributed by atoms with E-state index in [9.17, 15) is 9.59 Å². The summed E-state index contributed by atoms with van der Waals surface area (Å²) in [6, 6.07) is 0. The van der Waals surface area contributed by atoms with Gasteiger partial charge >= 0.3 is 0 Å². The van der Waals surface area contributed by atoms with Crippen molar-refractivity contribution in [2.24, 2.45) is 5.92 Å². The second kappa shape index (κ2) is 6.55. The quantitative estimate of drug-likeness (QED) is 0.832. The van der Waals surface area contributed by atoms with Gasteiger partial charge in [0.15, 0.2) is 0 Å². The van der Waals surface area contributed by atoms with E-state index in [1.807, 2.05) is 4.90 Å². The second-order valence-corrected chi connectivity index (χ2v) is 6.92. The summed E-state index contributed by atoms with van der Waals surface area (Å²) in [6.45, 7) is 3.70. The Bertz CT molecular complexity index is 619. The number of carbonyl (C=O) groups excluding carboxylic acids is 2. The Morgan fingerprint density at radius 3 is 2.62 bits per heavy atom.